The summed E-state index contributed by atoms with van der Waals surface area (Å²) in [5.74, 6) is 0.0132. The van der Waals surface area contributed by atoms with Crippen molar-refractivity contribution in [2.24, 2.45) is 11.3 Å². The Balaban J connectivity index is 1.81. The van der Waals surface area contributed by atoms with Gasteiger partial charge in [-0.1, -0.05) is 107 Å². The minimum atomic E-state index is -4.63. The molecule has 6 rings (SSSR count). The second-order valence-corrected chi connectivity index (χ2v) is 13.0. The van der Waals surface area contributed by atoms with Crippen molar-refractivity contribution in [2.75, 3.05) is 0 Å². The standard InChI is InChI=1S/C40H33F6/c1-5-10-24-19-30(38(2,3)4)23-34(24)37-33(18-17-32-31-16-7-6-11-25(31)22-35(32)37)36(26-12-8-14-28(20-26)39(41,42)43)27-13-9-15-29(21-27)40(44,45)46/h6-9,11-21,23-24H,5,10H2,1-4H3. The van der Waals surface area contributed by atoms with Crippen LogP contribution in [0.4, 0.5) is 26.3 Å². The van der Waals surface area contributed by atoms with Gasteiger partial charge in [0.05, 0.1) is 11.1 Å². The predicted octanol–water partition coefficient (Wildman–Crippen LogP) is 10.1. The van der Waals surface area contributed by atoms with Crippen LogP contribution in [0.3, 0.4) is 0 Å². The molecule has 6 heteroatoms. The molecule has 0 saturated carbocycles. The minimum absolute atomic E-state index is 0.0132. The van der Waals surface area contributed by atoms with Gasteiger partial charge in [0.2, 0.25) is 0 Å². The molecule has 235 valence electrons. The number of rotatable bonds is 5. The third kappa shape index (κ3) is 5.86. The molecule has 2 aliphatic rings. The van der Waals surface area contributed by atoms with Gasteiger partial charge in [-0.05, 0) is 102 Å². The molecule has 4 aromatic carbocycles. The van der Waals surface area contributed by atoms with E-state index in [1.54, 1.807) is 0 Å². The largest absolute Gasteiger partial charge is 0.416 e. The zero-order valence-electron chi connectivity index (χ0n) is 26.0. The molecule has 0 aromatic heterocycles. The van der Waals surface area contributed by atoms with Crippen LogP contribution >= 0.6 is 0 Å². The molecule has 0 aliphatic heterocycles. The van der Waals surface area contributed by atoms with E-state index in [4.69, 9.17) is 0 Å². The van der Waals surface area contributed by atoms with E-state index in [-0.39, 0.29) is 22.5 Å². The van der Waals surface area contributed by atoms with Gasteiger partial charge in [0.1, 0.15) is 0 Å². The fourth-order valence-electron chi connectivity index (χ4n) is 6.51. The molecule has 0 fully saturated rings. The molecule has 0 spiro atoms. The predicted molar refractivity (Wildman–Crippen MR) is 171 cm³/mol. The molecule has 2 aliphatic carbocycles. The summed E-state index contributed by atoms with van der Waals surface area (Å²) in [6, 6.07) is 21.3. The van der Waals surface area contributed by atoms with Gasteiger partial charge in [-0.25, -0.2) is 0 Å². The maximum atomic E-state index is 14.0. The SMILES string of the molecule is CCCC1C=C(C(C)(C)C)C=C1c1c2c(ccc1=C(c1cccc(C(F)(F)F)c1)c1cccc(C(F)(F)F)c1)=c1ccccc1=[C]2. The molecular formula is C40H33F6. The smallest absolute Gasteiger partial charge is 0.166 e. The Morgan fingerprint density at radius 2 is 1.33 bits per heavy atom. The summed E-state index contributed by atoms with van der Waals surface area (Å²) in [4.78, 5) is 0. The Morgan fingerprint density at radius 1 is 0.717 bits per heavy atom. The molecule has 1 radical (unpaired) electrons. The highest BCUT2D eigenvalue weighted by Gasteiger charge is 2.33. The van der Waals surface area contributed by atoms with E-state index in [0.717, 1.165) is 75.0 Å². The van der Waals surface area contributed by atoms with Crippen molar-refractivity contribution in [1.82, 2.24) is 0 Å². The second kappa shape index (κ2) is 11.5. The number of hydrogen-bond donors (Lipinski definition) is 0. The highest BCUT2D eigenvalue weighted by molar-refractivity contribution is 5.88. The highest BCUT2D eigenvalue weighted by atomic mass is 19.4. The Kier molecular flexibility index (Phi) is 7.90. The van der Waals surface area contributed by atoms with Crippen molar-refractivity contribution in [2.45, 2.75) is 52.9 Å². The summed E-state index contributed by atoms with van der Waals surface area (Å²) >= 11 is 0. The van der Waals surface area contributed by atoms with Gasteiger partial charge in [0.25, 0.3) is 0 Å². The number of halogens is 6. The molecule has 1 unspecified atom stereocenters. The summed E-state index contributed by atoms with van der Waals surface area (Å²) in [7, 11) is 0. The Hall–Kier alpha value is -4.32. The number of benzene rings is 4. The van der Waals surface area contributed by atoms with Crippen LogP contribution in [0.15, 0.2) is 103 Å². The quantitative estimate of drug-likeness (QED) is 0.170. The van der Waals surface area contributed by atoms with Gasteiger partial charge in [0.15, 0.2) is 0 Å². The van der Waals surface area contributed by atoms with E-state index in [1.807, 2.05) is 36.4 Å². The lowest BCUT2D eigenvalue weighted by Gasteiger charge is -2.20. The van der Waals surface area contributed by atoms with Crippen LogP contribution < -0.4 is 10.4 Å². The fraction of sp³-hybridized carbons (Fsp3) is 0.250. The summed E-state index contributed by atoms with van der Waals surface area (Å²) in [6.45, 7) is 8.51. The third-order valence-electron chi connectivity index (χ3n) is 8.75. The van der Waals surface area contributed by atoms with Crippen LogP contribution in [-0.4, -0.2) is 0 Å². The molecule has 1 atom stereocenters. The molecule has 0 saturated heterocycles. The van der Waals surface area contributed by atoms with Crippen molar-refractivity contribution >= 4 is 17.2 Å². The third-order valence-corrected chi connectivity index (χ3v) is 8.75. The first-order chi connectivity index (χ1) is 21.7. The first-order valence-electron chi connectivity index (χ1n) is 15.4. The summed E-state index contributed by atoms with van der Waals surface area (Å²) in [5, 5.41) is 3.38. The number of fused-ring (bicyclic) bond motifs is 2. The normalized spacial score (nSPS) is 16.0. The second-order valence-electron chi connectivity index (χ2n) is 13.0. The molecule has 46 heavy (non-hydrogen) atoms. The van der Waals surface area contributed by atoms with Crippen molar-refractivity contribution < 1.29 is 26.3 Å². The van der Waals surface area contributed by atoms with Crippen LogP contribution in [0.25, 0.3) is 17.2 Å². The number of hydrogen-bond acceptors (Lipinski definition) is 0. The van der Waals surface area contributed by atoms with E-state index < -0.39 is 23.5 Å². The summed E-state index contributed by atoms with van der Waals surface area (Å²) in [6.07, 6.45) is 0.464. The van der Waals surface area contributed by atoms with E-state index in [2.05, 4.69) is 45.9 Å². The topological polar surface area (TPSA) is 0 Å². The van der Waals surface area contributed by atoms with E-state index >= 15 is 0 Å². The van der Waals surface area contributed by atoms with Gasteiger partial charge >= 0.3 is 12.4 Å². The average Bonchev–Trinajstić information content (AvgIpc) is 3.59. The Bertz CT molecular complexity index is 2060. The lowest BCUT2D eigenvalue weighted by Crippen LogP contribution is -2.19. The van der Waals surface area contributed by atoms with E-state index in [0.29, 0.717) is 10.8 Å². The lowest BCUT2D eigenvalue weighted by molar-refractivity contribution is -0.138. The Morgan fingerprint density at radius 3 is 1.89 bits per heavy atom. The van der Waals surface area contributed by atoms with Crippen molar-refractivity contribution in [3.63, 3.8) is 0 Å². The van der Waals surface area contributed by atoms with Crippen LogP contribution in [-0.2, 0) is 12.4 Å². The van der Waals surface area contributed by atoms with Gasteiger partial charge in [0, 0.05) is 5.92 Å². The Labute approximate surface area is 264 Å². The summed E-state index contributed by atoms with van der Waals surface area (Å²) in [5.41, 5.74) is 2.46. The van der Waals surface area contributed by atoms with Crippen LogP contribution in [0.2, 0.25) is 0 Å². The van der Waals surface area contributed by atoms with Crippen LogP contribution in [0, 0.1) is 21.8 Å². The van der Waals surface area contributed by atoms with Gasteiger partial charge in [-0.2, -0.15) is 26.3 Å². The maximum Gasteiger partial charge on any atom is 0.416 e. The van der Waals surface area contributed by atoms with Crippen molar-refractivity contribution in [1.29, 1.82) is 0 Å². The minimum Gasteiger partial charge on any atom is -0.166 e. The van der Waals surface area contributed by atoms with Crippen molar-refractivity contribution in [3.8, 4) is 0 Å². The first-order valence-corrected chi connectivity index (χ1v) is 15.4. The molecule has 0 N–H and O–H groups in total. The maximum absolute atomic E-state index is 14.0. The lowest BCUT2D eigenvalue weighted by atomic mass is 9.84. The molecule has 0 amide bonds. The molecule has 0 heterocycles. The van der Waals surface area contributed by atoms with Crippen LogP contribution in [0.1, 0.15) is 73.9 Å². The van der Waals surface area contributed by atoms with Gasteiger partial charge < -0.3 is 0 Å². The van der Waals surface area contributed by atoms with Crippen molar-refractivity contribution in [3.05, 3.63) is 157 Å². The zero-order chi connectivity index (χ0) is 33.0. The number of allylic oxidation sites excluding steroid dienone is 4. The average molecular weight is 628 g/mol. The van der Waals surface area contributed by atoms with E-state index in [9.17, 15) is 26.3 Å². The molecule has 0 nitrogen and oxygen atoms in total. The summed E-state index contributed by atoms with van der Waals surface area (Å²) < 4.78 is 84.1. The zero-order valence-corrected chi connectivity index (χ0v) is 26.0. The first kappa shape index (κ1) is 31.7. The molecule has 0 bridgehead atoms. The number of alkyl halides is 6. The van der Waals surface area contributed by atoms with Gasteiger partial charge in [-0.3, -0.25) is 0 Å². The van der Waals surface area contributed by atoms with Crippen LogP contribution in [0.5, 0.6) is 0 Å². The van der Waals surface area contributed by atoms with Gasteiger partial charge in [-0.15, -0.1) is 0 Å². The molecule has 4 aromatic rings. The molecular weight excluding hydrogens is 594 g/mol. The monoisotopic (exact) mass is 627 g/mol. The highest BCUT2D eigenvalue weighted by Crippen LogP contribution is 2.43. The van der Waals surface area contributed by atoms with E-state index in [1.165, 1.54) is 24.3 Å². The fourth-order valence-corrected chi connectivity index (χ4v) is 6.51.